The van der Waals surface area contributed by atoms with E-state index in [0.29, 0.717) is 11.6 Å². The minimum absolute atomic E-state index is 0. The highest BCUT2D eigenvalue weighted by Crippen LogP contribution is 2.35. The van der Waals surface area contributed by atoms with Crippen LogP contribution >= 0.6 is 24.0 Å². The van der Waals surface area contributed by atoms with E-state index in [1.807, 2.05) is 36.1 Å². The van der Waals surface area contributed by atoms with Gasteiger partial charge in [-0.15, -0.1) is 12.4 Å². The highest BCUT2D eigenvalue weighted by Gasteiger charge is 2.27. The zero-order valence-corrected chi connectivity index (χ0v) is 14.8. The van der Waals surface area contributed by atoms with Crippen molar-refractivity contribution in [2.75, 3.05) is 0 Å². The Labute approximate surface area is 151 Å². The number of rotatable bonds is 2. The van der Waals surface area contributed by atoms with Gasteiger partial charge in [0, 0.05) is 17.0 Å². The summed E-state index contributed by atoms with van der Waals surface area (Å²) in [5.41, 5.74) is 4.26. The molecule has 3 heterocycles. The van der Waals surface area contributed by atoms with Crippen LogP contribution in [-0.4, -0.2) is 24.3 Å². The number of aryl methyl sites for hydroxylation is 1. The quantitative estimate of drug-likeness (QED) is 0.545. The summed E-state index contributed by atoms with van der Waals surface area (Å²) in [5, 5.41) is 5.47. The van der Waals surface area contributed by atoms with Gasteiger partial charge in [-0.2, -0.15) is 5.10 Å². The van der Waals surface area contributed by atoms with E-state index in [2.05, 4.69) is 9.55 Å². The van der Waals surface area contributed by atoms with Crippen LogP contribution in [0.3, 0.4) is 0 Å². The highest BCUT2D eigenvalue weighted by molar-refractivity contribution is 6.31. The van der Waals surface area contributed by atoms with E-state index in [1.54, 1.807) is 0 Å². The molecule has 7 heteroatoms. The van der Waals surface area contributed by atoms with Gasteiger partial charge in [-0.05, 0) is 43.9 Å². The maximum absolute atomic E-state index is 6.25. The van der Waals surface area contributed by atoms with Crippen molar-refractivity contribution in [2.45, 2.75) is 32.7 Å². The van der Waals surface area contributed by atoms with E-state index < -0.39 is 0 Å². The van der Waals surface area contributed by atoms with Gasteiger partial charge in [0.15, 0.2) is 11.6 Å². The predicted molar refractivity (Wildman–Crippen MR) is 95.1 cm³/mol. The van der Waals surface area contributed by atoms with E-state index in [9.17, 15) is 0 Å². The number of nitrogens with zero attached hydrogens (tertiary/aromatic N) is 5. The third kappa shape index (κ3) is 2.43. The average Bonchev–Trinajstić information content (AvgIpc) is 3.17. The molecule has 2 aliphatic rings. The second kappa shape index (κ2) is 5.60. The van der Waals surface area contributed by atoms with Crippen molar-refractivity contribution in [3.63, 3.8) is 0 Å². The molecule has 1 aliphatic carbocycles. The summed E-state index contributed by atoms with van der Waals surface area (Å²) in [6.07, 6.45) is 5.46. The largest absolute Gasteiger partial charge is 0.300 e. The fourth-order valence-corrected chi connectivity index (χ4v) is 3.44. The van der Waals surface area contributed by atoms with Crippen molar-refractivity contribution in [3.8, 4) is 17.1 Å². The summed E-state index contributed by atoms with van der Waals surface area (Å²) in [6, 6.07) is 5.92. The van der Waals surface area contributed by atoms with Crippen LogP contribution in [0.4, 0.5) is 0 Å². The third-order valence-electron chi connectivity index (χ3n) is 4.72. The van der Waals surface area contributed by atoms with E-state index >= 15 is 0 Å². The number of halogens is 2. The second-order valence-corrected chi connectivity index (χ2v) is 6.90. The number of fused-ring (bicyclic) bond motifs is 5. The molecule has 1 fully saturated rings. The zero-order chi connectivity index (χ0) is 15.6. The van der Waals surface area contributed by atoms with E-state index in [4.69, 9.17) is 21.7 Å². The molecule has 0 N–H and O–H groups in total. The first kappa shape index (κ1) is 15.7. The van der Waals surface area contributed by atoms with Gasteiger partial charge in [0.25, 0.3) is 0 Å². The molecule has 3 aromatic rings. The second-order valence-electron chi connectivity index (χ2n) is 6.46. The molecule has 5 nitrogen and oxygen atoms in total. The van der Waals surface area contributed by atoms with Gasteiger partial charge in [-0.25, -0.2) is 14.6 Å². The molecule has 1 aromatic carbocycles. The molecule has 0 bridgehead atoms. The Bertz CT molecular complexity index is 923. The van der Waals surface area contributed by atoms with Crippen molar-refractivity contribution < 1.29 is 0 Å². The number of imidazole rings is 1. The van der Waals surface area contributed by atoms with Crippen molar-refractivity contribution in [1.29, 1.82) is 0 Å². The molecule has 5 rings (SSSR count). The summed E-state index contributed by atoms with van der Waals surface area (Å²) in [6.45, 7) is 2.72. The summed E-state index contributed by atoms with van der Waals surface area (Å²) < 4.78 is 4.12. The van der Waals surface area contributed by atoms with Gasteiger partial charge < -0.3 is 4.57 Å². The van der Waals surface area contributed by atoms with Gasteiger partial charge in [0.1, 0.15) is 0 Å². The molecule has 0 atom stereocenters. The number of hydrogen-bond acceptors (Lipinski definition) is 3. The maximum Gasteiger partial charge on any atom is 0.160 e. The van der Waals surface area contributed by atoms with Crippen LogP contribution in [0.15, 0.2) is 24.5 Å². The van der Waals surface area contributed by atoms with Gasteiger partial charge >= 0.3 is 0 Å². The maximum atomic E-state index is 6.25. The van der Waals surface area contributed by atoms with Crippen molar-refractivity contribution in [1.82, 2.24) is 24.3 Å². The molecule has 0 amide bonds. The lowest BCUT2D eigenvalue weighted by molar-refractivity contribution is 0.651. The molecule has 124 valence electrons. The average molecular weight is 362 g/mol. The summed E-state index contributed by atoms with van der Waals surface area (Å²) in [7, 11) is 0. The fraction of sp³-hybridized carbons (Fsp3) is 0.353. The highest BCUT2D eigenvalue weighted by atomic mass is 35.5. The number of hydrogen-bond donors (Lipinski definition) is 0. The van der Waals surface area contributed by atoms with Gasteiger partial charge in [-0.3, -0.25) is 0 Å². The Morgan fingerprint density at radius 3 is 2.92 bits per heavy atom. The normalized spacial score (nSPS) is 15.1. The Kier molecular flexibility index (Phi) is 3.66. The molecule has 0 saturated heterocycles. The Balaban J connectivity index is 0.00000146. The van der Waals surface area contributed by atoms with Crippen LogP contribution in [-0.2, 0) is 13.0 Å². The van der Waals surface area contributed by atoms with Gasteiger partial charge in [0.2, 0.25) is 0 Å². The summed E-state index contributed by atoms with van der Waals surface area (Å²) in [4.78, 5) is 9.29. The first-order valence-corrected chi connectivity index (χ1v) is 8.33. The van der Waals surface area contributed by atoms with E-state index in [-0.39, 0.29) is 12.4 Å². The Hall–Kier alpha value is -1.85. The standard InChI is InChI=1S/C17H16ClN5.ClH/c1-10-15-8-23-17(20-16(21-23)6-11-2-3-11)13-7-12(18)4-5-14(13)22(15)9-19-10;/h4-5,7,9,11H,2-3,6,8H2,1H3;1H. The van der Waals surface area contributed by atoms with Crippen LogP contribution < -0.4 is 0 Å². The lowest BCUT2D eigenvalue weighted by Gasteiger charge is -2.08. The lowest BCUT2D eigenvalue weighted by atomic mass is 10.1. The van der Waals surface area contributed by atoms with Crippen LogP contribution in [0.1, 0.15) is 30.1 Å². The topological polar surface area (TPSA) is 48.5 Å². The Morgan fingerprint density at radius 2 is 2.12 bits per heavy atom. The minimum Gasteiger partial charge on any atom is -0.300 e. The van der Waals surface area contributed by atoms with Crippen LogP contribution in [0.25, 0.3) is 17.1 Å². The van der Waals surface area contributed by atoms with Crippen molar-refractivity contribution in [2.24, 2.45) is 5.92 Å². The van der Waals surface area contributed by atoms with E-state index in [0.717, 1.165) is 46.6 Å². The smallest absolute Gasteiger partial charge is 0.160 e. The summed E-state index contributed by atoms with van der Waals surface area (Å²) >= 11 is 6.25. The van der Waals surface area contributed by atoms with Crippen molar-refractivity contribution >= 4 is 24.0 Å². The van der Waals surface area contributed by atoms with Crippen LogP contribution in [0.2, 0.25) is 5.02 Å². The molecule has 0 radical (unpaired) electrons. The monoisotopic (exact) mass is 361 g/mol. The van der Waals surface area contributed by atoms with Gasteiger partial charge in [0.05, 0.1) is 29.9 Å². The van der Waals surface area contributed by atoms with Crippen LogP contribution in [0, 0.1) is 12.8 Å². The summed E-state index contributed by atoms with van der Waals surface area (Å²) in [5.74, 6) is 2.62. The first-order chi connectivity index (χ1) is 11.2. The molecular weight excluding hydrogens is 345 g/mol. The molecular formula is C17H17Cl2N5. The SMILES string of the molecule is Cc1ncn2c1Cn1nc(CC3CC3)nc1-c1cc(Cl)ccc1-2.Cl. The lowest BCUT2D eigenvalue weighted by Crippen LogP contribution is -2.06. The molecule has 1 aliphatic heterocycles. The van der Waals surface area contributed by atoms with E-state index in [1.165, 1.54) is 12.8 Å². The first-order valence-electron chi connectivity index (χ1n) is 7.96. The number of benzene rings is 1. The fourth-order valence-electron chi connectivity index (χ4n) is 3.27. The zero-order valence-electron chi connectivity index (χ0n) is 13.2. The van der Waals surface area contributed by atoms with Gasteiger partial charge in [-0.1, -0.05) is 11.6 Å². The third-order valence-corrected chi connectivity index (χ3v) is 4.95. The number of aromatic nitrogens is 5. The minimum atomic E-state index is 0. The molecule has 0 unspecified atom stereocenters. The molecule has 1 saturated carbocycles. The van der Waals surface area contributed by atoms with Crippen LogP contribution in [0.5, 0.6) is 0 Å². The predicted octanol–water partition coefficient (Wildman–Crippen LogP) is 3.83. The molecule has 0 spiro atoms. The van der Waals surface area contributed by atoms with Crippen molar-refractivity contribution in [3.05, 3.63) is 46.8 Å². The Morgan fingerprint density at radius 1 is 1.29 bits per heavy atom. The molecule has 2 aromatic heterocycles. The molecule has 24 heavy (non-hydrogen) atoms.